The summed E-state index contributed by atoms with van der Waals surface area (Å²) in [6.45, 7) is 3.98. The molecule has 0 aliphatic heterocycles. The molecule has 0 radical (unpaired) electrons. The van der Waals surface area contributed by atoms with Crippen LogP contribution in [0.15, 0.2) is 18.2 Å². The molecule has 0 atom stereocenters. The summed E-state index contributed by atoms with van der Waals surface area (Å²) < 4.78 is 0. The van der Waals surface area contributed by atoms with Gasteiger partial charge in [0.1, 0.15) is 15.8 Å². The number of thiazole rings is 1. The average molecular weight is 258 g/mol. The Balaban J connectivity index is 2.12. The van der Waals surface area contributed by atoms with E-state index in [1.165, 1.54) is 0 Å². The van der Waals surface area contributed by atoms with E-state index in [4.69, 9.17) is 0 Å². The number of nitrogens with one attached hydrogen (secondary N) is 2. The van der Waals surface area contributed by atoms with Gasteiger partial charge in [-0.25, -0.2) is 9.97 Å². The maximum absolute atomic E-state index is 4.59. The zero-order valence-electron chi connectivity index (χ0n) is 10.5. The average Bonchev–Trinajstić information content (AvgIpc) is 2.89. The molecule has 0 aliphatic rings. The topological polar surface area (TPSA) is 53.6 Å². The summed E-state index contributed by atoms with van der Waals surface area (Å²) >= 11 is 1.67. The Bertz CT molecular complexity index is 711. The van der Waals surface area contributed by atoms with Gasteiger partial charge in [0.2, 0.25) is 0 Å². The fourth-order valence-electron chi connectivity index (χ4n) is 2.02. The molecule has 0 amide bonds. The van der Waals surface area contributed by atoms with Crippen molar-refractivity contribution in [1.82, 2.24) is 15.0 Å². The van der Waals surface area contributed by atoms with E-state index in [0.29, 0.717) is 0 Å². The molecule has 0 saturated carbocycles. The van der Waals surface area contributed by atoms with Crippen LogP contribution in [-0.2, 0) is 0 Å². The smallest absolute Gasteiger partial charge is 0.125 e. The Labute approximate surface area is 109 Å². The van der Waals surface area contributed by atoms with Crippen LogP contribution in [0.1, 0.15) is 11.5 Å². The third kappa shape index (κ3) is 1.76. The van der Waals surface area contributed by atoms with E-state index in [1.54, 1.807) is 11.3 Å². The third-order valence-electron chi connectivity index (χ3n) is 2.87. The largest absolute Gasteiger partial charge is 0.378 e. The number of rotatable bonds is 2. The fourth-order valence-corrected chi connectivity index (χ4v) is 2.94. The zero-order chi connectivity index (χ0) is 12.7. The first-order chi connectivity index (χ1) is 8.67. The van der Waals surface area contributed by atoms with Gasteiger partial charge in [-0.05, 0) is 32.0 Å². The van der Waals surface area contributed by atoms with Crippen LogP contribution in [-0.4, -0.2) is 22.0 Å². The molecule has 1 aromatic carbocycles. The fraction of sp³-hybridized carbons (Fsp3) is 0.231. The molecule has 18 heavy (non-hydrogen) atoms. The van der Waals surface area contributed by atoms with Gasteiger partial charge in [-0.15, -0.1) is 0 Å². The minimum absolute atomic E-state index is 0.938. The number of fused-ring (bicyclic) bond motifs is 1. The number of aromatic nitrogens is 3. The lowest BCUT2D eigenvalue weighted by Crippen LogP contribution is -1.85. The standard InChI is InChI=1S/C13H14N4S/c1-7-12(14-3)18-13(15-7)9-4-5-10-11(6-9)17-8(2)16-10/h4-6,14H,1-3H3,(H,16,17). The van der Waals surface area contributed by atoms with Gasteiger partial charge in [0.05, 0.1) is 16.7 Å². The zero-order valence-corrected chi connectivity index (χ0v) is 11.4. The number of H-pyrrole nitrogens is 1. The van der Waals surface area contributed by atoms with E-state index in [-0.39, 0.29) is 0 Å². The van der Waals surface area contributed by atoms with Gasteiger partial charge in [-0.3, -0.25) is 0 Å². The summed E-state index contributed by atoms with van der Waals surface area (Å²) in [6.07, 6.45) is 0. The highest BCUT2D eigenvalue weighted by atomic mass is 32.1. The van der Waals surface area contributed by atoms with E-state index in [1.807, 2.05) is 27.0 Å². The first kappa shape index (κ1) is 11.2. The molecule has 2 N–H and O–H groups in total. The van der Waals surface area contributed by atoms with Crippen LogP contribution in [0.25, 0.3) is 21.6 Å². The summed E-state index contributed by atoms with van der Waals surface area (Å²) in [5, 5.41) is 5.31. The Kier molecular flexibility index (Phi) is 2.56. The molecule has 3 rings (SSSR count). The Hall–Kier alpha value is -1.88. The Morgan fingerprint density at radius 1 is 1.22 bits per heavy atom. The first-order valence-electron chi connectivity index (χ1n) is 5.79. The number of hydrogen-bond donors (Lipinski definition) is 2. The van der Waals surface area contributed by atoms with Crippen molar-refractivity contribution in [2.45, 2.75) is 13.8 Å². The molecular formula is C13H14N4S. The number of anilines is 1. The molecule has 5 heteroatoms. The number of benzene rings is 1. The maximum atomic E-state index is 4.59. The van der Waals surface area contributed by atoms with Crippen LogP contribution in [0.3, 0.4) is 0 Å². The van der Waals surface area contributed by atoms with Gasteiger partial charge in [0.25, 0.3) is 0 Å². The lowest BCUT2D eigenvalue weighted by atomic mass is 10.2. The van der Waals surface area contributed by atoms with Gasteiger partial charge in [-0.1, -0.05) is 11.3 Å². The van der Waals surface area contributed by atoms with Crippen molar-refractivity contribution in [3.63, 3.8) is 0 Å². The van der Waals surface area contributed by atoms with Crippen molar-refractivity contribution < 1.29 is 0 Å². The summed E-state index contributed by atoms with van der Waals surface area (Å²) in [7, 11) is 1.92. The van der Waals surface area contributed by atoms with Crippen LogP contribution < -0.4 is 5.32 Å². The molecule has 0 saturated heterocycles. The van der Waals surface area contributed by atoms with E-state index in [0.717, 1.165) is 38.1 Å². The molecule has 0 bridgehead atoms. The van der Waals surface area contributed by atoms with E-state index >= 15 is 0 Å². The second-order valence-electron chi connectivity index (χ2n) is 4.24. The predicted molar refractivity (Wildman–Crippen MR) is 76.2 cm³/mol. The van der Waals surface area contributed by atoms with Crippen molar-refractivity contribution in [2.24, 2.45) is 0 Å². The molecule has 0 aliphatic carbocycles. The lowest BCUT2D eigenvalue weighted by Gasteiger charge is -1.95. The quantitative estimate of drug-likeness (QED) is 0.741. The predicted octanol–water partition coefficient (Wildman–Crippen LogP) is 3.34. The van der Waals surface area contributed by atoms with Crippen molar-refractivity contribution in [3.8, 4) is 10.6 Å². The van der Waals surface area contributed by atoms with E-state index < -0.39 is 0 Å². The molecular weight excluding hydrogens is 244 g/mol. The van der Waals surface area contributed by atoms with Crippen LogP contribution in [0.2, 0.25) is 0 Å². The second kappa shape index (κ2) is 4.10. The molecule has 3 aromatic rings. The molecule has 2 aromatic heterocycles. The number of imidazole rings is 1. The van der Waals surface area contributed by atoms with Crippen molar-refractivity contribution in [3.05, 3.63) is 29.7 Å². The number of aryl methyl sites for hydroxylation is 2. The minimum Gasteiger partial charge on any atom is -0.378 e. The van der Waals surface area contributed by atoms with Gasteiger partial charge < -0.3 is 10.3 Å². The molecule has 4 nitrogen and oxygen atoms in total. The summed E-state index contributed by atoms with van der Waals surface area (Å²) in [5.74, 6) is 0.938. The van der Waals surface area contributed by atoms with Gasteiger partial charge in [0, 0.05) is 12.6 Å². The van der Waals surface area contributed by atoms with Crippen LogP contribution in [0.5, 0.6) is 0 Å². The lowest BCUT2D eigenvalue weighted by molar-refractivity contribution is 1.17. The molecule has 0 fully saturated rings. The SMILES string of the molecule is CNc1sc(-c2ccc3nc(C)[nH]c3c2)nc1C. The summed E-state index contributed by atoms with van der Waals surface area (Å²) in [6, 6.07) is 6.21. The molecule has 92 valence electrons. The van der Waals surface area contributed by atoms with Gasteiger partial charge in [-0.2, -0.15) is 0 Å². The normalized spacial score (nSPS) is 11.1. The highest BCUT2D eigenvalue weighted by Gasteiger charge is 2.09. The second-order valence-corrected chi connectivity index (χ2v) is 5.24. The van der Waals surface area contributed by atoms with E-state index in [9.17, 15) is 0 Å². The first-order valence-corrected chi connectivity index (χ1v) is 6.61. The van der Waals surface area contributed by atoms with Crippen LogP contribution in [0.4, 0.5) is 5.00 Å². The minimum atomic E-state index is 0.938. The van der Waals surface area contributed by atoms with Crippen LogP contribution in [0, 0.1) is 13.8 Å². The summed E-state index contributed by atoms with van der Waals surface area (Å²) in [5.41, 5.74) is 4.22. The van der Waals surface area contributed by atoms with Gasteiger partial charge in [0.15, 0.2) is 0 Å². The molecule has 2 heterocycles. The van der Waals surface area contributed by atoms with Gasteiger partial charge >= 0.3 is 0 Å². The monoisotopic (exact) mass is 258 g/mol. The van der Waals surface area contributed by atoms with Crippen LogP contribution >= 0.6 is 11.3 Å². The van der Waals surface area contributed by atoms with Crippen molar-refractivity contribution >= 4 is 27.4 Å². The highest BCUT2D eigenvalue weighted by molar-refractivity contribution is 7.19. The number of nitrogens with zero attached hydrogens (tertiary/aromatic N) is 2. The summed E-state index contributed by atoms with van der Waals surface area (Å²) in [4.78, 5) is 12.2. The van der Waals surface area contributed by atoms with E-state index in [2.05, 4.69) is 32.4 Å². The highest BCUT2D eigenvalue weighted by Crippen LogP contribution is 2.32. The molecule has 0 unspecified atom stereocenters. The number of hydrogen-bond acceptors (Lipinski definition) is 4. The third-order valence-corrected chi connectivity index (χ3v) is 4.09. The number of aromatic amines is 1. The Morgan fingerprint density at radius 3 is 2.78 bits per heavy atom. The van der Waals surface area contributed by atoms with Crippen molar-refractivity contribution in [1.29, 1.82) is 0 Å². The Morgan fingerprint density at radius 2 is 2.06 bits per heavy atom. The molecule has 0 spiro atoms. The maximum Gasteiger partial charge on any atom is 0.125 e. The van der Waals surface area contributed by atoms with Crippen molar-refractivity contribution in [2.75, 3.05) is 12.4 Å².